The SMILES string of the molecule is CC1CC1(CNC1CC1)c1ccccc1F. The lowest BCUT2D eigenvalue weighted by molar-refractivity contribution is 0.506. The molecule has 2 fully saturated rings. The summed E-state index contributed by atoms with van der Waals surface area (Å²) >= 11 is 0. The smallest absolute Gasteiger partial charge is 0.127 e. The van der Waals surface area contributed by atoms with E-state index in [1.165, 1.54) is 12.8 Å². The maximum absolute atomic E-state index is 13.8. The minimum atomic E-state index is -0.0375. The van der Waals surface area contributed by atoms with Gasteiger partial charge in [-0.25, -0.2) is 4.39 Å². The third kappa shape index (κ3) is 1.65. The molecule has 1 aromatic carbocycles. The van der Waals surface area contributed by atoms with Crippen molar-refractivity contribution in [3.8, 4) is 0 Å². The molecule has 0 bridgehead atoms. The first-order valence-corrected chi connectivity index (χ1v) is 6.21. The Morgan fingerprint density at radius 1 is 1.38 bits per heavy atom. The van der Waals surface area contributed by atoms with E-state index < -0.39 is 0 Å². The van der Waals surface area contributed by atoms with Gasteiger partial charge in [-0.05, 0) is 36.8 Å². The zero-order chi connectivity index (χ0) is 11.2. The molecule has 2 atom stereocenters. The van der Waals surface area contributed by atoms with Gasteiger partial charge in [-0.2, -0.15) is 0 Å². The van der Waals surface area contributed by atoms with Gasteiger partial charge in [0.05, 0.1) is 0 Å². The highest BCUT2D eigenvalue weighted by Gasteiger charge is 2.53. The number of halogens is 1. The number of hydrogen-bond acceptors (Lipinski definition) is 1. The molecule has 2 aliphatic carbocycles. The predicted octanol–water partition coefficient (Wildman–Crippen LogP) is 2.86. The molecule has 2 heteroatoms. The Bertz CT molecular complexity index is 399. The Hall–Kier alpha value is -0.890. The normalized spacial score (nSPS) is 32.8. The maximum Gasteiger partial charge on any atom is 0.127 e. The van der Waals surface area contributed by atoms with Gasteiger partial charge in [0.1, 0.15) is 5.82 Å². The Morgan fingerprint density at radius 2 is 2.06 bits per heavy atom. The minimum Gasteiger partial charge on any atom is -0.313 e. The van der Waals surface area contributed by atoms with Gasteiger partial charge in [0.25, 0.3) is 0 Å². The number of benzene rings is 1. The minimum absolute atomic E-state index is 0.0375. The molecule has 0 heterocycles. The first-order valence-electron chi connectivity index (χ1n) is 6.21. The van der Waals surface area contributed by atoms with Crippen LogP contribution in [0, 0.1) is 11.7 Å². The van der Waals surface area contributed by atoms with E-state index in [0.717, 1.165) is 18.5 Å². The quantitative estimate of drug-likeness (QED) is 0.821. The highest BCUT2D eigenvalue weighted by molar-refractivity contribution is 5.35. The molecule has 3 rings (SSSR count). The average Bonchev–Trinajstić information content (AvgIpc) is 3.14. The van der Waals surface area contributed by atoms with Crippen LogP contribution < -0.4 is 5.32 Å². The van der Waals surface area contributed by atoms with Crippen molar-refractivity contribution in [1.29, 1.82) is 0 Å². The van der Waals surface area contributed by atoms with Crippen LogP contribution in [-0.4, -0.2) is 12.6 Å². The van der Waals surface area contributed by atoms with Crippen LogP contribution >= 0.6 is 0 Å². The standard InChI is InChI=1S/C14H18FN/c1-10-8-14(10,9-16-11-6-7-11)12-4-2-3-5-13(12)15/h2-5,10-11,16H,6-9H2,1H3. The Balaban J connectivity index is 1.81. The molecule has 0 radical (unpaired) electrons. The first kappa shape index (κ1) is 10.3. The van der Waals surface area contributed by atoms with Crippen LogP contribution in [0.15, 0.2) is 24.3 Å². The van der Waals surface area contributed by atoms with Crippen LogP contribution in [-0.2, 0) is 5.41 Å². The average molecular weight is 219 g/mol. The zero-order valence-corrected chi connectivity index (χ0v) is 9.67. The Labute approximate surface area is 96.1 Å². The summed E-state index contributed by atoms with van der Waals surface area (Å²) < 4.78 is 13.8. The van der Waals surface area contributed by atoms with Crippen LogP contribution in [0.5, 0.6) is 0 Å². The summed E-state index contributed by atoms with van der Waals surface area (Å²) in [5.74, 6) is 0.570. The van der Waals surface area contributed by atoms with E-state index >= 15 is 0 Å². The lowest BCUT2D eigenvalue weighted by Gasteiger charge is -2.18. The molecule has 0 aromatic heterocycles. The summed E-state index contributed by atoms with van der Waals surface area (Å²) in [6, 6.07) is 7.96. The maximum atomic E-state index is 13.8. The van der Waals surface area contributed by atoms with Gasteiger partial charge in [-0.1, -0.05) is 25.1 Å². The summed E-state index contributed by atoms with van der Waals surface area (Å²) in [5.41, 5.74) is 0.990. The number of nitrogens with one attached hydrogen (secondary N) is 1. The van der Waals surface area contributed by atoms with Gasteiger partial charge in [0.15, 0.2) is 0 Å². The van der Waals surface area contributed by atoms with E-state index in [4.69, 9.17) is 0 Å². The molecule has 1 aromatic rings. The van der Waals surface area contributed by atoms with Crippen LogP contribution in [0.1, 0.15) is 31.7 Å². The highest BCUT2D eigenvalue weighted by atomic mass is 19.1. The summed E-state index contributed by atoms with van der Waals surface area (Å²) in [4.78, 5) is 0. The monoisotopic (exact) mass is 219 g/mol. The van der Waals surface area contributed by atoms with Crippen LogP contribution in [0.4, 0.5) is 4.39 Å². The predicted molar refractivity (Wildman–Crippen MR) is 62.9 cm³/mol. The van der Waals surface area contributed by atoms with Crippen molar-refractivity contribution < 1.29 is 4.39 Å². The number of rotatable bonds is 4. The molecule has 2 aliphatic rings. The van der Waals surface area contributed by atoms with Gasteiger partial charge in [-0.15, -0.1) is 0 Å². The van der Waals surface area contributed by atoms with Crippen molar-refractivity contribution in [1.82, 2.24) is 5.32 Å². The van der Waals surface area contributed by atoms with Crippen LogP contribution in [0.2, 0.25) is 0 Å². The van der Waals surface area contributed by atoms with Crippen molar-refractivity contribution in [2.45, 2.75) is 37.6 Å². The largest absolute Gasteiger partial charge is 0.313 e. The second kappa shape index (κ2) is 3.56. The van der Waals surface area contributed by atoms with E-state index in [-0.39, 0.29) is 11.2 Å². The van der Waals surface area contributed by atoms with E-state index in [0.29, 0.717) is 12.0 Å². The second-order valence-corrected chi connectivity index (χ2v) is 5.40. The highest BCUT2D eigenvalue weighted by Crippen LogP contribution is 2.54. The van der Waals surface area contributed by atoms with Gasteiger partial charge >= 0.3 is 0 Å². The molecule has 86 valence electrons. The van der Waals surface area contributed by atoms with Crippen molar-refractivity contribution in [2.75, 3.05) is 6.54 Å². The summed E-state index contributed by atoms with van der Waals surface area (Å²) in [7, 11) is 0. The molecule has 0 aliphatic heterocycles. The lowest BCUT2D eigenvalue weighted by atomic mass is 9.93. The fourth-order valence-corrected chi connectivity index (χ4v) is 2.68. The Kier molecular flexibility index (Phi) is 2.28. The molecular formula is C14H18FN. The molecule has 1 N–H and O–H groups in total. The van der Waals surface area contributed by atoms with Crippen LogP contribution in [0.25, 0.3) is 0 Å². The van der Waals surface area contributed by atoms with Gasteiger partial charge in [-0.3, -0.25) is 0 Å². The number of hydrogen-bond donors (Lipinski definition) is 1. The van der Waals surface area contributed by atoms with Gasteiger partial charge < -0.3 is 5.32 Å². The molecule has 0 amide bonds. The Morgan fingerprint density at radius 3 is 2.62 bits per heavy atom. The fraction of sp³-hybridized carbons (Fsp3) is 0.571. The first-order chi connectivity index (χ1) is 7.72. The van der Waals surface area contributed by atoms with E-state index in [9.17, 15) is 4.39 Å². The van der Waals surface area contributed by atoms with Crippen molar-refractivity contribution >= 4 is 0 Å². The molecule has 16 heavy (non-hydrogen) atoms. The molecule has 2 saturated carbocycles. The van der Waals surface area contributed by atoms with Crippen molar-refractivity contribution in [3.63, 3.8) is 0 Å². The molecule has 2 unspecified atom stereocenters. The topological polar surface area (TPSA) is 12.0 Å². The molecule has 0 spiro atoms. The van der Waals surface area contributed by atoms with E-state index in [2.05, 4.69) is 12.2 Å². The molecule has 1 nitrogen and oxygen atoms in total. The van der Waals surface area contributed by atoms with Gasteiger partial charge in [0.2, 0.25) is 0 Å². The lowest BCUT2D eigenvalue weighted by Crippen LogP contribution is -2.30. The third-order valence-corrected chi connectivity index (χ3v) is 4.15. The fourth-order valence-electron chi connectivity index (χ4n) is 2.68. The van der Waals surface area contributed by atoms with E-state index in [1.807, 2.05) is 12.1 Å². The molecular weight excluding hydrogens is 201 g/mol. The zero-order valence-electron chi connectivity index (χ0n) is 9.67. The van der Waals surface area contributed by atoms with Crippen LogP contribution in [0.3, 0.4) is 0 Å². The van der Waals surface area contributed by atoms with E-state index in [1.54, 1.807) is 12.1 Å². The molecule has 0 saturated heterocycles. The van der Waals surface area contributed by atoms with Gasteiger partial charge in [0, 0.05) is 18.0 Å². The van der Waals surface area contributed by atoms with Crippen molar-refractivity contribution in [2.24, 2.45) is 5.92 Å². The summed E-state index contributed by atoms with van der Waals surface area (Å²) in [6.45, 7) is 3.17. The third-order valence-electron chi connectivity index (χ3n) is 4.15. The summed E-state index contributed by atoms with van der Waals surface area (Å²) in [5, 5.41) is 3.55. The second-order valence-electron chi connectivity index (χ2n) is 5.40. The van der Waals surface area contributed by atoms with Crippen molar-refractivity contribution in [3.05, 3.63) is 35.6 Å². The summed E-state index contributed by atoms with van der Waals surface area (Å²) in [6.07, 6.45) is 3.71.